The first-order valence-corrected chi connectivity index (χ1v) is 12.7. The maximum atomic E-state index is 14.8. The third-order valence-corrected chi connectivity index (χ3v) is 8.37. The van der Waals surface area contributed by atoms with Gasteiger partial charge in [-0.25, -0.2) is 9.18 Å². The zero-order valence-electron chi connectivity index (χ0n) is 20.7. The minimum atomic E-state index is -0.865. The molecular formula is C28H35ClFNO4. The maximum Gasteiger partial charge on any atom is 0.331 e. The van der Waals surface area contributed by atoms with Gasteiger partial charge in [-0.15, -0.1) is 0 Å². The number of nitrogens with one attached hydrogen (secondary N) is 1. The Bertz CT molecular complexity index is 1070. The zero-order valence-corrected chi connectivity index (χ0v) is 21.5. The van der Waals surface area contributed by atoms with Crippen molar-refractivity contribution in [2.75, 3.05) is 26.1 Å². The van der Waals surface area contributed by atoms with Gasteiger partial charge >= 0.3 is 5.97 Å². The van der Waals surface area contributed by atoms with Gasteiger partial charge in [0.2, 0.25) is 0 Å². The standard InChI is InChI=1S/C28H35ClFNO4/c1-18(16-32)11-21-12-19-14-25(30)20(17-34-2)13-24(19)27(21)7-9-28(10-8-27,26(33)35-3)31-23-6-4-5-22(29)15-23/h4-6,13-15,18,21,31-32H,7-12,16-17H2,1-3H3/t18-,21+,27?,28?/m1/s1. The summed E-state index contributed by atoms with van der Waals surface area (Å²) in [6, 6.07) is 11.0. The Kier molecular flexibility index (Phi) is 7.74. The summed E-state index contributed by atoms with van der Waals surface area (Å²) in [5, 5.41) is 13.8. The van der Waals surface area contributed by atoms with E-state index in [1.54, 1.807) is 19.2 Å². The van der Waals surface area contributed by atoms with Gasteiger partial charge in [0, 0.05) is 30.0 Å². The number of carbonyl (C=O) groups is 1. The van der Waals surface area contributed by atoms with Gasteiger partial charge in [0.15, 0.2) is 0 Å². The molecule has 5 nitrogen and oxygen atoms in total. The number of halogens is 2. The van der Waals surface area contributed by atoms with E-state index in [9.17, 15) is 14.3 Å². The van der Waals surface area contributed by atoms with E-state index in [4.69, 9.17) is 21.1 Å². The summed E-state index contributed by atoms with van der Waals surface area (Å²) in [5.41, 5.74) is 2.48. The van der Waals surface area contributed by atoms with Crippen molar-refractivity contribution in [3.8, 4) is 0 Å². The van der Waals surface area contributed by atoms with Crippen LogP contribution >= 0.6 is 11.6 Å². The van der Waals surface area contributed by atoms with Crippen LogP contribution in [0.25, 0.3) is 0 Å². The Morgan fingerprint density at radius 1 is 1.23 bits per heavy atom. The lowest BCUT2D eigenvalue weighted by molar-refractivity contribution is -0.148. The zero-order chi connectivity index (χ0) is 25.2. The summed E-state index contributed by atoms with van der Waals surface area (Å²) < 4.78 is 25.3. The molecule has 2 atom stereocenters. The monoisotopic (exact) mass is 503 g/mol. The second-order valence-corrected chi connectivity index (χ2v) is 10.8. The lowest BCUT2D eigenvalue weighted by Crippen LogP contribution is -2.53. The number of rotatable bonds is 8. The fourth-order valence-corrected chi connectivity index (χ4v) is 6.52. The average molecular weight is 504 g/mol. The van der Waals surface area contributed by atoms with E-state index in [1.165, 1.54) is 12.7 Å². The summed E-state index contributed by atoms with van der Waals surface area (Å²) in [4.78, 5) is 13.1. The van der Waals surface area contributed by atoms with E-state index in [1.807, 2.05) is 24.3 Å². The van der Waals surface area contributed by atoms with Crippen LogP contribution in [-0.2, 0) is 32.7 Å². The van der Waals surface area contributed by atoms with Crippen molar-refractivity contribution < 1.29 is 23.8 Å². The molecule has 4 rings (SSSR count). The molecule has 1 spiro atoms. The molecule has 2 aromatic rings. The van der Waals surface area contributed by atoms with E-state index in [2.05, 4.69) is 12.2 Å². The van der Waals surface area contributed by atoms with Crippen LogP contribution < -0.4 is 5.32 Å². The van der Waals surface area contributed by atoms with Crippen molar-refractivity contribution in [1.82, 2.24) is 0 Å². The number of aliphatic hydroxyl groups excluding tert-OH is 1. The van der Waals surface area contributed by atoms with E-state index in [-0.39, 0.29) is 42.3 Å². The number of methoxy groups -OCH3 is 2. The van der Waals surface area contributed by atoms with Crippen molar-refractivity contribution in [3.05, 3.63) is 63.9 Å². The topological polar surface area (TPSA) is 67.8 Å². The van der Waals surface area contributed by atoms with Crippen molar-refractivity contribution in [3.63, 3.8) is 0 Å². The lowest BCUT2D eigenvalue weighted by atomic mass is 9.59. The average Bonchev–Trinajstić information content (AvgIpc) is 3.12. The Morgan fingerprint density at radius 3 is 2.60 bits per heavy atom. The second kappa shape index (κ2) is 10.5. The number of esters is 1. The minimum Gasteiger partial charge on any atom is -0.467 e. The van der Waals surface area contributed by atoms with Crippen LogP contribution in [0.4, 0.5) is 10.1 Å². The summed E-state index contributed by atoms with van der Waals surface area (Å²) >= 11 is 6.19. The van der Waals surface area contributed by atoms with Crippen LogP contribution in [0.2, 0.25) is 5.02 Å². The predicted molar refractivity (Wildman–Crippen MR) is 135 cm³/mol. The molecule has 0 saturated heterocycles. The van der Waals surface area contributed by atoms with E-state index in [0.29, 0.717) is 23.4 Å². The Labute approximate surface area is 212 Å². The quantitative estimate of drug-likeness (QED) is 0.455. The second-order valence-electron chi connectivity index (χ2n) is 10.3. The number of ether oxygens (including phenoxy) is 2. The van der Waals surface area contributed by atoms with Gasteiger partial charge < -0.3 is 19.9 Å². The highest BCUT2D eigenvalue weighted by Crippen LogP contribution is 2.56. The van der Waals surface area contributed by atoms with E-state index >= 15 is 0 Å². The largest absolute Gasteiger partial charge is 0.467 e. The molecule has 7 heteroatoms. The van der Waals surface area contributed by atoms with E-state index in [0.717, 1.165) is 36.9 Å². The van der Waals surface area contributed by atoms with Crippen LogP contribution in [0.1, 0.15) is 55.7 Å². The molecular weight excluding hydrogens is 469 g/mol. The highest BCUT2D eigenvalue weighted by atomic mass is 35.5. The molecule has 0 radical (unpaired) electrons. The van der Waals surface area contributed by atoms with Crippen LogP contribution in [0, 0.1) is 17.7 Å². The molecule has 1 saturated carbocycles. The lowest BCUT2D eigenvalue weighted by Gasteiger charge is -2.47. The molecule has 2 aliphatic rings. The Morgan fingerprint density at radius 2 is 1.97 bits per heavy atom. The number of carbonyl (C=O) groups excluding carboxylic acids is 1. The molecule has 0 unspecified atom stereocenters. The normalized spacial score (nSPS) is 26.4. The van der Waals surface area contributed by atoms with Gasteiger partial charge in [0.1, 0.15) is 11.4 Å². The molecule has 35 heavy (non-hydrogen) atoms. The van der Waals surface area contributed by atoms with Gasteiger partial charge in [-0.1, -0.05) is 24.6 Å². The summed E-state index contributed by atoms with van der Waals surface area (Å²) in [7, 11) is 2.99. The van der Waals surface area contributed by atoms with Gasteiger partial charge in [-0.05, 0) is 97.2 Å². The van der Waals surface area contributed by atoms with Crippen LogP contribution in [0.5, 0.6) is 0 Å². The first kappa shape index (κ1) is 25.9. The van der Waals surface area contributed by atoms with Crippen LogP contribution in [0.3, 0.4) is 0 Å². The number of benzene rings is 2. The number of hydrogen-bond donors (Lipinski definition) is 2. The molecule has 1 fully saturated rings. The van der Waals surface area contributed by atoms with Crippen LogP contribution in [-0.4, -0.2) is 37.4 Å². The minimum absolute atomic E-state index is 0.120. The first-order valence-electron chi connectivity index (χ1n) is 12.3. The Hall–Kier alpha value is -2.15. The summed E-state index contributed by atoms with van der Waals surface area (Å²) in [6.45, 7) is 2.39. The fraction of sp³-hybridized carbons (Fsp3) is 0.536. The van der Waals surface area contributed by atoms with Crippen molar-refractivity contribution in [2.45, 2.75) is 63.0 Å². The van der Waals surface area contributed by atoms with Gasteiger partial charge in [-0.2, -0.15) is 0 Å². The van der Waals surface area contributed by atoms with Gasteiger partial charge in [-0.3, -0.25) is 0 Å². The number of aliphatic hydroxyl groups is 1. The third-order valence-electron chi connectivity index (χ3n) is 8.13. The van der Waals surface area contributed by atoms with E-state index < -0.39 is 5.54 Å². The third kappa shape index (κ3) is 4.93. The first-order chi connectivity index (χ1) is 16.8. The van der Waals surface area contributed by atoms with Crippen molar-refractivity contribution in [1.29, 1.82) is 0 Å². The number of hydrogen-bond acceptors (Lipinski definition) is 5. The molecule has 2 N–H and O–H groups in total. The van der Waals surface area contributed by atoms with Crippen molar-refractivity contribution >= 4 is 23.3 Å². The molecule has 0 heterocycles. The molecule has 190 valence electrons. The molecule has 2 aromatic carbocycles. The summed E-state index contributed by atoms with van der Waals surface area (Å²) in [5.74, 6) is -0.117. The highest BCUT2D eigenvalue weighted by molar-refractivity contribution is 6.30. The molecule has 0 bridgehead atoms. The maximum absolute atomic E-state index is 14.8. The molecule has 0 amide bonds. The smallest absolute Gasteiger partial charge is 0.331 e. The van der Waals surface area contributed by atoms with Crippen LogP contribution in [0.15, 0.2) is 36.4 Å². The molecule has 2 aliphatic carbocycles. The number of fused-ring (bicyclic) bond motifs is 2. The number of anilines is 1. The molecule has 0 aromatic heterocycles. The highest BCUT2D eigenvalue weighted by Gasteiger charge is 2.54. The predicted octanol–water partition coefficient (Wildman–Crippen LogP) is 5.65. The van der Waals surface area contributed by atoms with Crippen molar-refractivity contribution in [2.24, 2.45) is 11.8 Å². The fourth-order valence-electron chi connectivity index (χ4n) is 6.33. The Balaban J connectivity index is 1.70. The summed E-state index contributed by atoms with van der Waals surface area (Å²) in [6.07, 6.45) is 4.28. The van der Waals surface area contributed by atoms with Gasteiger partial charge in [0.25, 0.3) is 0 Å². The van der Waals surface area contributed by atoms with Gasteiger partial charge in [0.05, 0.1) is 13.7 Å². The SMILES string of the molecule is COCc1cc2c(cc1F)C[C@H](C[C@@H](C)CO)C21CCC(Nc2cccc(Cl)c2)(C(=O)OC)CC1. The molecule has 0 aliphatic heterocycles.